The van der Waals surface area contributed by atoms with Crippen LogP contribution in [-0.4, -0.2) is 18.3 Å². The molecule has 0 unspecified atom stereocenters. The maximum atomic E-state index is 13.2. The Balaban J connectivity index is 2.83. The maximum Gasteiger partial charge on any atom is 0.128 e. The molecular weight excluding hydrogens is 185 g/mol. The van der Waals surface area contributed by atoms with Crippen LogP contribution >= 0.6 is 0 Å². The van der Waals surface area contributed by atoms with Gasteiger partial charge in [0, 0.05) is 11.6 Å². The normalized spacial score (nSPS) is 12.6. The Labute approximate surface area is 82.3 Å². The first-order valence-electron chi connectivity index (χ1n) is 4.44. The molecule has 3 N–H and O–H groups in total. The van der Waals surface area contributed by atoms with Crippen LogP contribution in [0.3, 0.4) is 0 Å². The minimum absolute atomic E-state index is 0.0646. The first-order chi connectivity index (χ1) is 6.65. The van der Waals surface area contributed by atoms with Gasteiger partial charge in [0.1, 0.15) is 18.2 Å². The molecule has 14 heavy (non-hydrogen) atoms. The van der Waals surface area contributed by atoms with Gasteiger partial charge >= 0.3 is 0 Å². The zero-order valence-corrected chi connectivity index (χ0v) is 8.03. The first-order valence-corrected chi connectivity index (χ1v) is 4.44. The van der Waals surface area contributed by atoms with Gasteiger partial charge < -0.3 is 15.6 Å². The summed E-state index contributed by atoms with van der Waals surface area (Å²) < 4.78 is 18.3. The molecule has 0 amide bonds. The molecule has 0 fully saturated rings. The number of aliphatic hydroxyl groups excluding tert-OH is 1. The van der Waals surface area contributed by atoms with Crippen molar-refractivity contribution in [2.24, 2.45) is 5.73 Å². The summed E-state index contributed by atoms with van der Waals surface area (Å²) in [5.41, 5.74) is 5.98. The second kappa shape index (κ2) is 4.93. The number of nitrogens with two attached hydrogens (primary N) is 1. The van der Waals surface area contributed by atoms with Gasteiger partial charge in [-0.2, -0.15) is 0 Å². The van der Waals surface area contributed by atoms with E-state index in [1.54, 1.807) is 13.0 Å². The van der Waals surface area contributed by atoms with Gasteiger partial charge in [-0.1, -0.05) is 0 Å². The second-order valence-corrected chi connectivity index (χ2v) is 3.04. The summed E-state index contributed by atoms with van der Waals surface area (Å²) in [5.74, 6) is 0.184. The number of benzene rings is 1. The fourth-order valence-corrected chi connectivity index (χ4v) is 1.12. The Bertz CT molecular complexity index is 302. The lowest BCUT2D eigenvalue weighted by Crippen LogP contribution is -2.08. The minimum Gasteiger partial charge on any atom is -0.491 e. The second-order valence-electron chi connectivity index (χ2n) is 3.04. The van der Waals surface area contributed by atoms with E-state index in [0.717, 1.165) is 0 Å². The topological polar surface area (TPSA) is 55.5 Å². The largest absolute Gasteiger partial charge is 0.491 e. The van der Waals surface area contributed by atoms with Crippen molar-refractivity contribution in [3.05, 3.63) is 29.6 Å². The average molecular weight is 199 g/mol. The molecule has 0 spiro atoms. The van der Waals surface area contributed by atoms with Gasteiger partial charge in [0.2, 0.25) is 0 Å². The van der Waals surface area contributed by atoms with Crippen molar-refractivity contribution in [3.8, 4) is 5.75 Å². The van der Waals surface area contributed by atoms with Gasteiger partial charge in [0.05, 0.1) is 6.61 Å². The first kappa shape index (κ1) is 10.9. The minimum atomic E-state index is -0.368. The van der Waals surface area contributed by atoms with Gasteiger partial charge in [-0.25, -0.2) is 4.39 Å². The molecule has 1 aromatic rings. The van der Waals surface area contributed by atoms with Gasteiger partial charge in [-0.3, -0.25) is 0 Å². The lowest BCUT2D eigenvalue weighted by Gasteiger charge is -2.10. The molecule has 1 atom stereocenters. The van der Waals surface area contributed by atoms with Crippen molar-refractivity contribution in [2.45, 2.75) is 13.0 Å². The highest BCUT2D eigenvalue weighted by atomic mass is 19.1. The molecule has 0 aliphatic rings. The number of hydrogen-bond acceptors (Lipinski definition) is 3. The maximum absolute atomic E-state index is 13.2. The Morgan fingerprint density at radius 3 is 2.86 bits per heavy atom. The van der Waals surface area contributed by atoms with Crippen molar-refractivity contribution in [1.82, 2.24) is 0 Å². The third-order valence-corrected chi connectivity index (χ3v) is 1.82. The number of halogens is 1. The van der Waals surface area contributed by atoms with Crippen LogP contribution in [0.15, 0.2) is 18.2 Å². The smallest absolute Gasteiger partial charge is 0.128 e. The summed E-state index contributed by atoms with van der Waals surface area (Å²) >= 11 is 0. The molecule has 3 nitrogen and oxygen atoms in total. The van der Waals surface area contributed by atoms with E-state index in [9.17, 15) is 4.39 Å². The predicted octanol–water partition coefficient (Wildman–Crippen LogP) is 1.22. The summed E-state index contributed by atoms with van der Waals surface area (Å²) in [6, 6.07) is 4.01. The highest BCUT2D eigenvalue weighted by Gasteiger charge is 2.07. The molecule has 0 radical (unpaired) electrons. The highest BCUT2D eigenvalue weighted by molar-refractivity contribution is 5.31. The summed E-state index contributed by atoms with van der Waals surface area (Å²) in [7, 11) is 0. The number of rotatable bonds is 4. The van der Waals surface area contributed by atoms with E-state index in [2.05, 4.69) is 0 Å². The van der Waals surface area contributed by atoms with Crippen molar-refractivity contribution in [1.29, 1.82) is 0 Å². The van der Waals surface area contributed by atoms with E-state index in [1.165, 1.54) is 12.1 Å². The standard InChI is InChI=1S/C10H14FNO2/c1-7(12)9-6-8(14-5-4-13)2-3-10(9)11/h2-3,6-7,13H,4-5,12H2,1H3/t7-/m1/s1. The quantitative estimate of drug-likeness (QED) is 0.766. The van der Waals surface area contributed by atoms with E-state index in [0.29, 0.717) is 11.3 Å². The zero-order chi connectivity index (χ0) is 10.6. The van der Waals surface area contributed by atoms with Crippen LogP contribution in [-0.2, 0) is 0 Å². The molecule has 0 saturated heterocycles. The summed E-state index contributed by atoms with van der Waals surface area (Å²) in [6.45, 7) is 1.84. The SMILES string of the molecule is C[C@@H](N)c1cc(OCCO)ccc1F. The molecule has 1 aromatic carbocycles. The van der Waals surface area contributed by atoms with Crippen molar-refractivity contribution >= 4 is 0 Å². The Hall–Kier alpha value is -1.13. The van der Waals surface area contributed by atoms with Gasteiger partial charge in [-0.15, -0.1) is 0 Å². The van der Waals surface area contributed by atoms with Crippen LogP contribution in [0.1, 0.15) is 18.5 Å². The molecule has 0 heterocycles. The van der Waals surface area contributed by atoms with E-state index < -0.39 is 0 Å². The fourth-order valence-electron chi connectivity index (χ4n) is 1.12. The van der Waals surface area contributed by atoms with Crippen LogP contribution in [0.25, 0.3) is 0 Å². The third-order valence-electron chi connectivity index (χ3n) is 1.82. The number of hydrogen-bond donors (Lipinski definition) is 2. The number of ether oxygens (including phenoxy) is 1. The molecule has 78 valence electrons. The molecule has 0 aromatic heterocycles. The average Bonchev–Trinajstić information content (AvgIpc) is 2.16. The van der Waals surface area contributed by atoms with Gasteiger partial charge in [0.25, 0.3) is 0 Å². The van der Waals surface area contributed by atoms with E-state index >= 15 is 0 Å². The van der Waals surface area contributed by atoms with Crippen LogP contribution in [0.2, 0.25) is 0 Å². The molecular formula is C10H14FNO2. The summed E-state index contributed by atoms with van der Waals surface area (Å²) in [6.07, 6.45) is 0. The van der Waals surface area contributed by atoms with Crippen LogP contribution in [0.4, 0.5) is 4.39 Å². The van der Waals surface area contributed by atoms with E-state index in [1.807, 2.05) is 0 Å². The van der Waals surface area contributed by atoms with Crippen LogP contribution < -0.4 is 10.5 Å². The van der Waals surface area contributed by atoms with Crippen molar-refractivity contribution in [3.63, 3.8) is 0 Å². The lowest BCUT2D eigenvalue weighted by atomic mass is 10.1. The molecule has 0 aliphatic carbocycles. The zero-order valence-electron chi connectivity index (χ0n) is 8.03. The molecule has 4 heteroatoms. The molecule has 0 bridgehead atoms. The van der Waals surface area contributed by atoms with Gasteiger partial charge in [0.15, 0.2) is 0 Å². The summed E-state index contributed by atoms with van der Waals surface area (Å²) in [4.78, 5) is 0. The number of aliphatic hydroxyl groups is 1. The Kier molecular flexibility index (Phi) is 3.85. The third kappa shape index (κ3) is 2.68. The van der Waals surface area contributed by atoms with Crippen LogP contribution in [0.5, 0.6) is 5.75 Å². The monoisotopic (exact) mass is 199 g/mol. The van der Waals surface area contributed by atoms with Crippen molar-refractivity contribution < 1.29 is 14.2 Å². The van der Waals surface area contributed by atoms with Crippen LogP contribution in [0, 0.1) is 5.82 Å². The Morgan fingerprint density at radius 2 is 2.29 bits per heavy atom. The summed E-state index contributed by atoms with van der Waals surface area (Å²) in [5, 5.41) is 8.54. The predicted molar refractivity (Wildman–Crippen MR) is 51.6 cm³/mol. The molecule has 0 aliphatic heterocycles. The molecule has 0 saturated carbocycles. The molecule has 1 rings (SSSR count). The van der Waals surface area contributed by atoms with E-state index in [-0.39, 0.29) is 25.1 Å². The highest BCUT2D eigenvalue weighted by Crippen LogP contribution is 2.20. The Morgan fingerprint density at radius 1 is 1.57 bits per heavy atom. The lowest BCUT2D eigenvalue weighted by molar-refractivity contribution is 0.201. The van der Waals surface area contributed by atoms with E-state index in [4.69, 9.17) is 15.6 Å². The van der Waals surface area contributed by atoms with Crippen molar-refractivity contribution in [2.75, 3.05) is 13.2 Å². The van der Waals surface area contributed by atoms with Gasteiger partial charge in [-0.05, 0) is 25.1 Å². The fraction of sp³-hybridized carbons (Fsp3) is 0.400.